The summed E-state index contributed by atoms with van der Waals surface area (Å²) in [7, 11) is 0. The fourth-order valence-electron chi connectivity index (χ4n) is 0. The summed E-state index contributed by atoms with van der Waals surface area (Å²) in [5, 5.41) is 0. The maximum absolute atomic E-state index is 8.58. The van der Waals surface area contributed by atoms with E-state index < -0.39 is 0 Å². The summed E-state index contributed by atoms with van der Waals surface area (Å²) in [6.07, 6.45) is 0.250. The monoisotopic (exact) mass is 247 g/mol. The van der Waals surface area contributed by atoms with Gasteiger partial charge in [-0.25, -0.2) is 0 Å². The Balaban J connectivity index is 0. The summed E-state index contributed by atoms with van der Waals surface area (Å²) >= 11 is 0. The van der Waals surface area contributed by atoms with Gasteiger partial charge in [0.05, 0.1) is 0 Å². The number of hydrogen-bond acceptors (Lipinski definition) is 1. The summed E-state index contributed by atoms with van der Waals surface area (Å²) in [6, 6.07) is 0. The maximum atomic E-state index is 8.58. The number of carbonyl (C=O) groups excluding carboxylic acids is 1. The van der Waals surface area contributed by atoms with Crippen LogP contribution in [0.25, 0.3) is 0 Å². The van der Waals surface area contributed by atoms with Crippen molar-refractivity contribution in [3.63, 3.8) is 0 Å². The molecule has 2 N–H and O–H groups in total. The molecule has 0 saturated heterocycles. The van der Waals surface area contributed by atoms with E-state index in [1.54, 1.807) is 0 Å². The number of nitrogens with two attached hydrogens (primary N) is 1. The Labute approximate surface area is 44.9 Å². The third-order valence-corrected chi connectivity index (χ3v) is 0. The first kappa shape index (κ1) is 8.83. The van der Waals surface area contributed by atoms with Gasteiger partial charge >= 0.3 is 0 Å². The van der Waals surface area contributed by atoms with Crippen molar-refractivity contribution in [2.24, 2.45) is 5.73 Å². The molecule has 0 unspecified atom stereocenters. The zero-order valence-corrected chi connectivity index (χ0v) is 7.77. The Morgan fingerprint density at radius 2 is 1.75 bits per heavy atom. The molecule has 0 atom stereocenters. The molecule has 0 heterocycles. The minimum Gasteiger partial charge on any atom is -0.372 e. The Morgan fingerprint density at radius 1 is 1.75 bits per heavy atom. The van der Waals surface area contributed by atoms with Gasteiger partial charge in [0, 0.05) is 27.7 Å². The molecule has 1 amide bonds. The molecule has 4 heavy (non-hydrogen) atoms. The topological polar surface area (TPSA) is 43.1 Å². The molecule has 20 valence electrons. The largest absolute Gasteiger partial charge is 0.372 e. The molecule has 3 heteroatoms. The predicted octanol–water partition coefficient (Wildman–Crippen LogP) is -0.901. The van der Waals surface area contributed by atoms with Crippen molar-refractivity contribution in [2.75, 3.05) is 0 Å². The maximum Gasteiger partial charge on any atom is 0.204 e. The summed E-state index contributed by atoms with van der Waals surface area (Å²) in [4.78, 5) is 8.58. The van der Waals surface area contributed by atoms with E-state index in [4.69, 9.17) is 4.79 Å². The van der Waals surface area contributed by atoms with E-state index in [1.807, 2.05) is 0 Å². The van der Waals surface area contributed by atoms with E-state index in [0.29, 0.717) is 0 Å². The van der Waals surface area contributed by atoms with Crippen molar-refractivity contribution < 1.29 is 32.5 Å². The van der Waals surface area contributed by atoms with Gasteiger partial charge in [0.1, 0.15) is 0 Å². The molecule has 0 rings (SSSR count). The minimum absolute atomic E-state index is 0. The van der Waals surface area contributed by atoms with Gasteiger partial charge in [-0.3, -0.25) is 4.79 Å². The average molecular weight is 246 g/mol. The first-order valence-electron chi connectivity index (χ1n) is 0.569. The Kier molecular flexibility index (Phi) is 22.0. The molecule has 0 fully saturated rings. The summed E-state index contributed by atoms with van der Waals surface area (Å²) in [5.74, 6) is 0. The smallest absolute Gasteiger partial charge is 0.204 e. The van der Waals surface area contributed by atoms with E-state index >= 15 is 0 Å². The number of carbonyl (C=O) groups is 1. The van der Waals surface area contributed by atoms with Crippen molar-refractivity contribution in [3.8, 4) is 0 Å². The second-order valence-electron chi connectivity index (χ2n) is 0.136. The van der Waals surface area contributed by atoms with Crippen LogP contribution in [0.3, 0.4) is 0 Å². The van der Waals surface area contributed by atoms with Crippen molar-refractivity contribution >= 4 is 6.41 Å². The first-order chi connectivity index (χ1) is 1.41. The molecule has 0 aliphatic heterocycles. The first-order valence-corrected chi connectivity index (χ1v) is 0.569. The third kappa shape index (κ3) is 28.9. The van der Waals surface area contributed by atoms with Crippen molar-refractivity contribution in [1.82, 2.24) is 0 Å². The van der Waals surface area contributed by atoms with Gasteiger partial charge in [-0.05, 0) is 0 Å². The molecule has 0 saturated carbocycles. The van der Waals surface area contributed by atoms with E-state index in [-0.39, 0.29) is 34.1 Å². The van der Waals surface area contributed by atoms with Gasteiger partial charge in [0.25, 0.3) is 0 Å². The van der Waals surface area contributed by atoms with Gasteiger partial charge in [0.15, 0.2) is 0 Å². The standard InChI is InChI=1S/CH3NO.Hg/c2-1-3;/h1H,(H2,2,3);. The van der Waals surface area contributed by atoms with Crippen LogP contribution < -0.4 is 5.73 Å². The predicted molar refractivity (Wildman–Crippen MR) is 10.3 cm³/mol. The molecule has 0 bridgehead atoms. The van der Waals surface area contributed by atoms with E-state index in [2.05, 4.69) is 5.73 Å². The van der Waals surface area contributed by atoms with E-state index in [1.165, 1.54) is 0 Å². The minimum atomic E-state index is 0. The van der Waals surface area contributed by atoms with Crippen molar-refractivity contribution in [1.29, 1.82) is 0 Å². The second-order valence-corrected chi connectivity index (χ2v) is 0.136. The Morgan fingerprint density at radius 3 is 1.75 bits per heavy atom. The molecular formula is CH3HgNO. The van der Waals surface area contributed by atoms with Crippen LogP contribution in [0.4, 0.5) is 0 Å². The molecule has 0 aromatic carbocycles. The zero-order chi connectivity index (χ0) is 2.71. The number of rotatable bonds is 0. The quantitative estimate of drug-likeness (QED) is 0.436. The Hall–Kier alpha value is 0.405. The van der Waals surface area contributed by atoms with Crippen molar-refractivity contribution in [3.05, 3.63) is 0 Å². The fourth-order valence-corrected chi connectivity index (χ4v) is 0. The average Bonchev–Trinajstić information content (AvgIpc) is 0.918. The summed E-state index contributed by atoms with van der Waals surface area (Å²) < 4.78 is 0. The molecule has 0 aliphatic rings. The molecule has 0 aliphatic carbocycles. The molecule has 0 radical (unpaired) electrons. The zero-order valence-electron chi connectivity index (χ0n) is 2.27. The van der Waals surface area contributed by atoms with E-state index in [9.17, 15) is 0 Å². The normalized spacial score (nSPS) is 3.00. The van der Waals surface area contributed by atoms with Crippen LogP contribution in [0.1, 0.15) is 0 Å². The second kappa shape index (κ2) is 9.98. The molecule has 2 nitrogen and oxygen atoms in total. The summed E-state index contributed by atoms with van der Waals surface area (Å²) in [5.41, 5.74) is 4.17. The number of amides is 1. The van der Waals surface area contributed by atoms with Gasteiger partial charge in [-0.2, -0.15) is 0 Å². The Bertz CT molecular complexity index is 15.5. The van der Waals surface area contributed by atoms with Crippen LogP contribution in [0, 0.1) is 0 Å². The number of primary amides is 1. The molecule has 0 aromatic rings. The fraction of sp³-hybridized carbons (Fsp3) is 0. The number of hydrogen-bond donors (Lipinski definition) is 1. The van der Waals surface area contributed by atoms with Gasteiger partial charge in [-0.1, -0.05) is 0 Å². The van der Waals surface area contributed by atoms with Crippen LogP contribution in [0.2, 0.25) is 0 Å². The van der Waals surface area contributed by atoms with Crippen LogP contribution in [0.5, 0.6) is 0 Å². The third-order valence-electron chi connectivity index (χ3n) is 0. The van der Waals surface area contributed by atoms with Gasteiger partial charge < -0.3 is 5.73 Å². The molecule has 0 spiro atoms. The SMILES string of the molecule is NC=O.[Hg]. The molecule has 0 aromatic heterocycles. The van der Waals surface area contributed by atoms with Crippen LogP contribution in [-0.4, -0.2) is 6.41 Å². The van der Waals surface area contributed by atoms with Crippen molar-refractivity contribution in [2.45, 2.75) is 0 Å². The van der Waals surface area contributed by atoms with Crippen LogP contribution in [-0.2, 0) is 32.5 Å². The van der Waals surface area contributed by atoms with Crippen LogP contribution in [0.15, 0.2) is 0 Å². The van der Waals surface area contributed by atoms with E-state index in [0.717, 1.165) is 0 Å². The summed E-state index contributed by atoms with van der Waals surface area (Å²) in [6.45, 7) is 0. The molecular weight excluding hydrogens is 243 g/mol. The van der Waals surface area contributed by atoms with Gasteiger partial charge in [0.2, 0.25) is 6.41 Å². The van der Waals surface area contributed by atoms with Gasteiger partial charge in [-0.15, -0.1) is 0 Å². The van der Waals surface area contributed by atoms with Crippen LogP contribution >= 0.6 is 0 Å².